The zero-order valence-electron chi connectivity index (χ0n) is 15.8. The van der Waals surface area contributed by atoms with E-state index in [2.05, 4.69) is 9.97 Å². The van der Waals surface area contributed by atoms with Crippen LogP contribution in [-0.2, 0) is 9.59 Å². The Morgan fingerprint density at radius 2 is 1.93 bits per heavy atom. The van der Waals surface area contributed by atoms with Crippen molar-refractivity contribution in [3.8, 4) is 11.6 Å². The number of ether oxygens (including phenoxy) is 1. The maximum atomic E-state index is 12.7. The SMILES string of the molecule is O=C1CCCN1CC(=O)N1CCC[C@H](c2nccnc2Oc2ccccc2)C1. The van der Waals surface area contributed by atoms with Crippen LogP contribution in [0, 0.1) is 0 Å². The number of piperidine rings is 1. The van der Waals surface area contributed by atoms with E-state index in [4.69, 9.17) is 4.74 Å². The number of hydrogen-bond donors (Lipinski definition) is 0. The molecule has 0 aliphatic carbocycles. The minimum atomic E-state index is 0.00867. The van der Waals surface area contributed by atoms with Crippen LogP contribution >= 0.6 is 0 Å². The molecule has 0 saturated carbocycles. The molecule has 4 rings (SSSR count). The van der Waals surface area contributed by atoms with Gasteiger partial charge in [-0.1, -0.05) is 18.2 Å². The number of benzene rings is 1. The van der Waals surface area contributed by atoms with E-state index < -0.39 is 0 Å². The fraction of sp³-hybridized carbons (Fsp3) is 0.429. The topological polar surface area (TPSA) is 75.6 Å². The summed E-state index contributed by atoms with van der Waals surface area (Å²) in [6.07, 6.45) is 6.50. The quantitative estimate of drug-likeness (QED) is 0.797. The average molecular weight is 380 g/mol. The molecule has 0 bridgehead atoms. The smallest absolute Gasteiger partial charge is 0.242 e. The van der Waals surface area contributed by atoms with Crippen LogP contribution in [0.5, 0.6) is 11.6 Å². The lowest BCUT2D eigenvalue weighted by molar-refractivity contribution is -0.139. The summed E-state index contributed by atoms with van der Waals surface area (Å²) in [6.45, 7) is 2.15. The Morgan fingerprint density at radius 1 is 1.11 bits per heavy atom. The van der Waals surface area contributed by atoms with Crippen molar-refractivity contribution < 1.29 is 14.3 Å². The van der Waals surface area contributed by atoms with Crippen LogP contribution in [0.2, 0.25) is 0 Å². The lowest BCUT2D eigenvalue weighted by Crippen LogP contribution is -2.45. The van der Waals surface area contributed by atoms with Crippen molar-refractivity contribution >= 4 is 11.8 Å². The molecule has 2 aliphatic rings. The molecule has 2 aliphatic heterocycles. The van der Waals surface area contributed by atoms with E-state index in [0.717, 1.165) is 25.0 Å². The van der Waals surface area contributed by atoms with Crippen molar-refractivity contribution in [1.29, 1.82) is 0 Å². The van der Waals surface area contributed by atoms with Gasteiger partial charge in [-0.25, -0.2) is 4.98 Å². The van der Waals surface area contributed by atoms with E-state index >= 15 is 0 Å². The summed E-state index contributed by atoms with van der Waals surface area (Å²) < 4.78 is 5.95. The second kappa shape index (κ2) is 8.37. The minimum absolute atomic E-state index is 0.00867. The molecule has 2 aromatic rings. The van der Waals surface area contributed by atoms with Gasteiger partial charge in [0.05, 0.1) is 6.54 Å². The predicted molar refractivity (Wildman–Crippen MR) is 103 cm³/mol. The first kappa shape index (κ1) is 18.4. The fourth-order valence-electron chi connectivity index (χ4n) is 3.86. The predicted octanol–water partition coefficient (Wildman–Crippen LogP) is 2.60. The van der Waals surface area contributed by atoms with Crippen molar-refractivity contribution in [2.75, 3.05) is 26.2 Å². The molecule has 3 heterocycles. The van der Waals surface area contributed by atoms with Crippen molar-refractivity contribution in [2.45, 2.75) is 31.6 Å². The summed E-state index contributed by atoms with van der Waals surface area (Å²) >= 11 is 0. The molecule has 28 heavy (non-hydrogen) atoms. The van der Waals surface area contributed by atoms with Gasteiger partial charge in [0.2, 0.25) is 17.7 Å². The number of para-hydroxylation sites is 1. The highest BCUT2D eigenvalue weighted by Crippen LogP contribution is 2.32. The molecule has 0 unspecified atom stereocenters. The summed E-state index contributed by atoms with van der Waals surface area (Å²) in [7, 11) is 0. The highest BCUT2D eigenvalue weighted by atomic mass is 16.5. The van der Waals surface area contributed by atoms with E-state index in [-0.39, 0.29) is 24.3 Å². The number of carbonyl (C=O) groups excluding carboxylic acids is 2. The monoisotopic (exact) mass is 380 g/mol. The number of hydrogen-bond acceptors (Lipinski definition) is 5. The maximum absolute atomic E-state index is 12.7. The molecule has 146 valence electrons. The van der Waals surface area contributed by atoms with E-state index in [1.807, 2.05) is 35.2 Å². The van der Waals surface area contributed by atoms with Gasteiger partial charge in [-0.2, -0.15) is 0 Å². The van der Waals surface area contributed by atoms with E-state index in [1.165, 1.54) is 0 Å². The second-order valence-electron chi connectivity index (χ2n) is 7.26. The first-order valence-corrected chi connectivity index (χ1v) is 9.80. The first-order valence-electron chi connectivity index (χ1n) is 9.80. The standard InChI is InChI=1S/C21H24N4O3/c26-18-9-5-13-25(18)15-19(27)24-12-4-6-16(14-24)20-21(23-11-10-22-20)28-17-7-2-1-3-8-17/h1-3,7-8,10-11,16H,4-6,9,12-15H2/t16-/m0/s1. The minimum Gasteiger partial charge on any atom is -0.437 e. The van der Waals surface area contributed by atoms with Crippen LogP contribution in [0.1, 0.15) is 37.3 Å². The first-order chi connectivity index (χ1) is 13.7. The lowest BCUT2D eigenvalue weighted by Gasteiger charge is -2.33. The Morgan fingerprint density at radius 3 is 2.71 bits per heavy atom. The number of likely N-dealkylation sites (tertiary alicyclic amines) is 2. The Labute approximate surface area is 164 Å². The Hall–Kier alpha value is -2.96. The molecule has 1 aromatic heterocycles. The molecule has 7 heteroatoms. The van der Waals surface area contributed by atoms with Crippen molar-refractivity contribution in [1.82, 2.24) is 19.8 Å². The van der Waals surface area contributed by atoms with Gasteiger partial charge in [-0.05, 0) is 31.4 Å². The van der Waals surface area contributed by atoms with Crippen LogP contribution in [0.15, 0.2) is 42.7 Å². The van der Waals surface area contributed by atoms with Crippen molar-refractivity contribution in [3.63, 3.8) is 0 Å². The number of nitrogens with zero attached hydrogens (tertiary/aromatic N) is 4. The zero-order valence-corrected chi connectivity index (χ0v) is 15.8. The highest BCUT2D eigenvalue weighted by molar-refractivity contribution is 5.86. The van der Waals surface area contributed by atoms with Gasteiger partial charge in [-0.15, -0.1) is 0 Å². The molecule has 7 nitrogen and oxygen atoms in total. The normalized spacial score (nSPS) is 19.7. The Balaban J connectivity index is 1.46. The molecule has 2 fully saturated rings. The largest absolute Gasteiger partial charge is 0.437 e. The van der Waals surface area contributed by atoms with Gasteiger partial charge < -0.3 is 14.5 Å². The van der Waals surface area contributed by atoms with Gasteiger partial charge in [0.25, 0.3) is 0 Å². The molecule has 2 amide bonds. The second-order valence-corrected chi connectivity index (χ2v) is 7.26. The summed E-state index contributed by atoms with van der Waals surface area (Å²) in [5.74, 6) is 1.35. The third-order valence-corrected chi connectivity index (χ3v) is 5.31. The molecule has 1 atom stereocenters. The van der Waals surface area contributed by atoms with Crippen LogP contribution in [0.4, 0.5) is 0 Å². The average Bonchev–Trinajstić information content (AvgIpc) is 3.14. The van der Waals surface area contributed by atoms with Crippen LogP contribution in [0.3, 0.4) is 0 Å². The van der Waals surface area contributed by atoms with Crippen LogP contribution in [-0.4, -0.2) is 57.8 Å². The van der Waals surface area contributed by atoms with Gasteiger partial charge >= 0.3 is 0 Å². The molecular weight excluding hydrogens is 356 g/mol. The zero-order chi connectivity index (χ0) is 19.3. The summed E-state index contributed by atoms with van der Waals surface area (Å²) in [6, 6.07) is 9.50. The number of aromatic nitrogens is 2. The lowest BCUT2D eigenvalue weighted by atomic mass is 9.94. The Kier molecular flexibility index (Phi) is 5.50. The van der Waals surface area contributed by atoms with E-state index in [9.17, 15) is 9.59 Å². The third-order valence-electron chi connectivity index (χ3n) is 5.31. The molecular formula is C21H24N4O3. The van der Waals surface area contributed by atoms with Crippen LogP contribution in [0.25, 0.3) is 0 Å². The van der Waals surface area contributed by atoms with E-state index in [0.29, 0.717) is 37.7 Å². The number of rotatable bonds is 5. The summed E-state index contributed by atoms with van der Waals surface area (Å²) in [5, 5.41) is 0. The Bertz CT molecular complexity index is 843. The molecule has 0 spiro atoms. The summed E-state index contributed by atoms with van der Waals surface area (Å²) in [5.41, 5.74) is 0.779. The molecule has 1 aromatic carbocycles. The molecule has 2 saturated heterocycles. The molecule has 0 radical (unpaired) electrons. The summed E-state index contributed by atoms with van der Waals surface area (Å²) in [4.78, 5) is 36.9. The van der Waals surface area contributed by atoms with Gasteiger partial charge in [0, 0.05) is 44.4 Å². The third kappa shape index (κ3) is 4.13. The molecule has 0 N–H and O–H groups in total. The van der Waals surface area contributed by atoms with Crippen LogP contribution < -0.4 is 4.74 Å². The van der Waals surface area contributed by atoms with Gasteiger partial charge in [-0.3, -0.25) is 14.6 Å². The van der Waals surface area contributed by atoms with Crippen molar-refractivity contribution in [2.24, 2.45) is 0 Å². The van der Waals surface area contributed by atoms with E-state index in [1.54, 1.807) is 17.3 Å². The maximum Gasteiger partial charge on any atom is 0.242 e. The fourth-order valence-corrected chi connectivity index (χ4v) is 3.86. The highest BCUT2D eigenvalue weighted by Gasteiger charge is 2.30. The number of carbonyl (C=O) groups is 2. The van der Waals surface area contributed by atoms with Crippen molar-refractivity contribution in [3.05, 3.63) is 48.4 Å². The van der Waals surface area contributed by atoms with Gasteiger partial charge in [0.1, 0.15) is 11.4 Å². The number of amides is 2. The van der Waals surface area contributed by atoms with Gasteiger partial charge in [0.15, 0.2) is 0 Å².